The van der Waals surface area contributed by atoms with Crippen molar-refractivity contribution < 1.29 is 0 Å². The van der Waals surface area contributed by atoms with E-state index < -0.39 is 0 Å². The zero-order valence-electron chi connectivity index (χ0n) is 10.4. The fourth-order valence-electron chi connectivity index (χ4n) is 2.23. The SMILES string of the molecule is C1CCNC1.Nc1cc(N2CCCC2)ccn1. The summed E-state index contributed by atoms with van der Waals surface area (Å²) >= 11 is 0. The maximum Gasteiger partial charge on any atom is 0.125 e. The van der Waals surface area contributed by atoms with E-state index in [1.807, 2.05) is 12.1 Å². The summed E-state index contributed by atoms with van der Waals surface area (Å²) in [5.41, 5.74) is 6.80. The largest absolute Gasteiger partial charge is 0.384 e. The van der Waals surface area contributed by atoms with Gasteiger partial charge in [0.15, 0.2) is 0 Å². The molecule has 4 heteroatoms. The Labute approximate surface area is 103 Å². The van der Waals surface area contributed by atoms with Gasteiger partial charge in [0.05, 0.1) is 0 Å². The van der Waals surface area contributed by atoms with Crippen molar-refractivity contribution in [3.8, 4) is 0 Å². The molecule has 3 rings (SSSR count). The second-order valence-electron chi connectivity index (χ2n) is 4.59. The molecule has 0 bridgehead atoms. The van der Waals surface area contributed by atoms with Crippen LogP contribution in [0.5, 0.6) is 0 Å². The second-order valence-corrected chi connectivity index (χ2v) is 4.59. The van der Waals surface area contributed by atoms with E-state index >= 15 is 0 Å². The summed E-state index contributed by atoms with van der Waals surface area (Å²) in [6.07, 6.45) is 7.13. The maximum absolute atomic E-state index is 5.59. The third-order valence-corrected chi connectivity index (χ3v) is 3.19. The number of anilines is 2. The lowest BCUT2D eigenvalue weighted by Crippen LogP contribution is -2.17. The molecule has 3 N–H and O–H groups in total. The molecule has 2 aliphatic rings. The number of aromatic nitrogens is 1. The summed E-state index contributed by atoms with van der Waals surface area (Å²) in [4.78, 5) is 6.31. The molecule has 2 fully saturated rings. The summed E-state index contributed by atoms with van der Waals surface area (Å²) in [5.74, 6) is 0.611. The Morgan fingerprint density at radius 1 is 1.12 bits per heavy atom. The molecule has 17 heavy (non-hydrogen) atoms. The van der Waals surface area contributed by atoms with Gasteiger partial charge in [0, 0.05) is 31.0 Å². The molecule has 0 atom stereocenters. The van der Waals surface area contributed by atoms with Crippen molar-refractivity contribution in [2.45, 2.75) is 25.7 Å². The predicted molar refractivity (Wildman–Crippen MR) is 72.2 cm³/mol. The van der Waals surface area contributed by atoms with Gasteiger partial charge in [-0.25, -0.2) is 4.98 Å². The van der Waals surface area contributed by atoms with E-state index in [9.17, 15) is 0 Å². The number of rotatable bonds is 1. The first-order chi connectivity index (χ1) is 8.36. The highest BCUT2D eigenvalue weighted by Gasteiger charge is 2.11. The van der Waals surface area contributed by atoms with Crippen LogP contribution in [-0.4, -0.2) is 31.2 Å². The number of hydrogen-bond donors (Lipinski definition) is 2. The molecule has 0 saturated carbocycles. The molecule has 0 unspecified atom stereocenters. The molecule has 3 heterocycles. The summed E-state index contributed by atoms with van der Waals surface area (Å²) < 4.78 is 0. The van der Waals surface area contributed by atoms with E-state index in [4.69, 9.17) is 5.73 Å². The predicted octanol–water partition coefficient (Wildman–Crippen LogP) is 1.63. The number of nitrogens with one attached hydrogen (secondary N) is 1. The number of pyridine rings is 1. The van der Waals surface area contributed by atoms with Crippen molar-refractivity contribution >= 4 is 11.5 Å². The first-order valence-corrected chi connectivity index (χ1v) is 6.53. The Morgan fingerprint density at radius 2 is 1.82 bits per heavy atom. The van der Waals surface area contributed by atoms with Crippen LogP contribution in [0.1, 0.15) is 25.7 Å². The van der Waals surface area contributed by atoms with Gasteiger partial charge in [-0.3, -0.25) is 0 Å². The lowest BCUT2D eigenvalue weighted by molar-refractivity contribution is 0.857. The molecule has 94 valence electrons. The Morgan fingerprint density at radius 3 is 2.35 bits per heavy atom. The van der Waals surface area contributed by atoms with Crippen LogP contribution in [0.2, 0.25) is 0 Å². The van der Waals surface area contributed by atoms with Gasteiger partial charge in [-0.2, -0.15) is 0 Å². The van der Waals surface area contributed by atoms with E-state index in [2.05, 4.69) is 15.2 Å². The lowest BCUT2D eigenvalue weighted by atomic mass is 10.3. The van der Waals surface area contributed by atoms with Crippen LogP contribution >= 0.6 is 0 Å². The van der Waals surface area contributed by atoms with Crippen LogP contribution in [0, 0.1) is 0 Å². The molecule has 4 nitrogen and oxygen atoms in total. The molecular weight excluding hydrogens is 212 g/mol. The zero-order chi connectivity index (χ0) is 11.9. The lowest BCUT2D eigenvalue weighted by Gasteiger charge is -2.16. The van der Waals surface area contributed by atoms with Crippen molar-refractivity contribution in [2.75, 3.05) is 36.8 Å². The summed E-state index contributed by atoms with van der Waals surface area (Å²) in [5, 5.41) is 3.22. The highest BCUT2D eigenvalue weighted by Crippen LogP contribution is 2.20. The molecule has 0 amide bonds. The molecule has 0 aromatic carbocycles. The quantitative estimate of drug-likeness (QED) is 0.775. The van der Waals surface area contributed by atoms with Crippen molar-refractivity contribution in [1.82, 2.24) is 10.3 Å². The number of nitrogens with two attached hydrogens (primary N) is 1. The summed E-state index contributed by atoms with van der Waals surface area (Å²) in [7, 11) is 0. The van der Waals surface area contributed by atoms with E-state index in [0.717, 1.165) is 13.1 Å². The average Bonchev–Trinajstić information content (AvgIpc) is 3.06. The van der Waals surface area contributed by atoms with Crippen molar-refractivity contribution in [3.05, 3.63) is 18.3 Å². The number of nitrogens with zero attached hydrogens (tertiary/aromatic N) is 2. The maximum atomic E-state index is 5.59. The van der Waals surface area contributed by atoms with Crippen LogP contribution < -0.4 is 16.0 Å². The molecule has 1 aromatic rings. The van der Waals surface area contributed by atoms with Gasteiger partial charge in [0.25, 0.3) is 0 Å². The van der Waals surface area contributed by atoms with Gasteiger partial charge in [-0.1, -0.05) is 0 Å². The fraction of sp³-hybridized carbons (Fsp3) is 0.615. The van der Waals surface area contributed by atoms with Gasteiger partial charge in [-0.15, -0.1) is 0 Å². The van der Waals surface area contributed by atoms with Crippen LogP contribution in [-0.2, 0) is 0 Å². The van der Waals surface area contributed by atoms with Gasteiger partial charge in [-0.05, 0) is 44.8 Å². The van der Waals surface area contributed by atoms with Crippen LogP contribution in [0.15, 0.2) is 18.3 Å². The molecule has 0 radical (unpaired) electrons. The van der Waals surface area contributed by atoms with Gasteiger partial charge >= 0.3 is 0 Å². The number of hydrogen-bond acceptors (Lipinski definition) is 4. The standard InChI is InChI=1S/C9H13N3.C4H9N/c10-9-7-8(3-4-11-9)12-5-1-2-6-12;1-2-4-5-3-1/h3-4,7H,1-2,5-6H2,(H2,10,11);5H,1-4H2. The van der Waals surface area contributed by atoms with E-state index in [1.165, 1.54) is 44.5 Å². The zero-order valence-corrected chi connectivity index (χ0v) is 10.4. The molecule has 2 saturated heterocycles. The third-order valence-electron chi connectivity index (χ3n) is 3.19. The van der Waals surface area contributed by atoms with E-state index in [1.54, 1.807) is 6.20 Å². The molecule has 0 aliphatic carbocycles. The third kappa shape index (κ3) is 3.89. The van der Waals surface area contributed by atoms with Crippen LogP contribution in [0.4, 0.5) is 11.5 Å². The average molecular weight is 234 g/mol. The summed E-state index contributed by atoms with van der Waals surface area (Å²) in [6, 6.07) is 3.95. The van der Waals surface area contributed by atoms with E-state index in [-0.39, 0.29) is 0 Å². The molecular formula is C13H22N4. The molecule has 2 aliphatic heterocycles. The minimum absolute atomic E-state index is 0.611. The topological polar surface area (TPSA) is 54.2 Å². The Bertz CT molecular complexity index is 322. The van der Waals surface area contributed by atoms with Crippen LogP contribution in [0.25, 0.3) is 0 Å². The molecule has 0 spiro atoms. The second kappa shape index (κ2) is 6.45. The fourth-order valence-corrected chi connectivity index (χ4v) is 2.23. The Hall–Kier alpha value is -1.29. The Kier molecular flexibility index (Phi) is 4.62. The van der Waals surface area contributed by atoms with E-state index in [0.29, 0.717) is 5.82 Å². The van der Waals surface area contributed by atoms with Crippen molar-refractivity contribution in [3.63, 3.8) is 0 Å². The van der Waals surface area contributed by atoms with Gasteiger partial charge in [0.2, 0.25) is 0 Å². The first kappa shape index (κ1) is 12.2. The summed E-state index contributed by atoms with van der Waals surface area (Å²) in [6.45, 7) is 4.81. The highest BCUT2D eigenvalue weighted by atomic mass is 15.1. The normalized spacial score (nSPS) is 18.9. The minimum Gasteiger partial charge on any atom is -0.384 e. The van der Waals surface area contributed by atoms with Gasteiger partial charge < -0.3 is 16.0 Å². The van der Waals surface area contributed by atoms with Gasteiger partial charge in [0.1, 0.15) is 5.82 Å². The Balaban J connectivity index is 0.000000181. The minimum atomic E-state index is 0.611. The highest BCUT2D eigenvalue weighted by molar-refractivity contribution is 5.52. The first-order valence-electron chi connectivity index (χ1n) is 6.53. The van der Waals surface area contributed by atoms with Crippen molar-refractivity contribution in [2.24, 2.45) is 0 Å². The molecule has 1 aromatic heterocycles. The van der Waals surface area contributed by atoms with Crippen molar-refractivity contribution in [1.29, 1.82) is 0 Å². The van der Waals surface area contributed by atoms with Crippen LogP contribution in [0.3, 0.4) is 0 Å². The smallest absolute Gasteiger partial charge is 0.125 e. The number of nitrogen functional groups attached to an aromatic ring is 1. The monoisotopic (exact) mass is 234 g/mol.